The summed E-state index contributed by atoms with van der Waals surface area (Å²) >= 11 is 0. The van der Waals surface area contributed by atoms with E-state index in [1.54, 1.807) is 6.92 Å². The maximum absolute atomic E-state index is 14.1. The number of aromatic nitrogens is 2. The molecule has 0 bridgehead atoms. The molecule has 1 aromatic carbocycles. The number of benzene rings is 1. The van der Waals surface area contributed by atoms with Crippen molar-refractivity contribution in [2.75, 3.05) is 6.54 Å². The summed E-state index contributed by atoms with van der Waals surface area (Å²) < 4.78 is 33.4. The van der Waals surface area contributed by atoms with Crippen molar-refractivity contribution in [2.24, 2.45) is 0 Å². The molecule has 1 aromatic heterocycles. The van der Waals surface area contributed by atoms with Crippen LogP contribution in [0.2, 0.25) is 0 Å². The molecule has 6 heteroatoms. The third kappa shape index (κ3) is 3.26. The van der Waals surface area contributed by atoms with Crippen LogP contribution in [0, 0.1) is 18.6 Å². The molecule has 0 radical (unpaired) electrons. The second kappa shape index (κ2) is 6.76. The van der Waals surface area contributed by atoms with Crippen molar-refractivity contribution in [2.45, 2.75) is 39.7 Å². The van der Waals surface area contributed by atoms with E-state index in [4.69, 9.17) is 4.42 Å². The molecule has 0 fully saturated rings. The fourth-order valence-corrected chi connectivity index (χ4v) is 2.05. The Morgan fingerprint density at radius 2 is 2.00 bits per heavy atom. The summed E-state index contributed by atoms with van der Waals surface area (Å²) in [5, 5.41) is 11.0. The van der Waals surface area contributed by atoms with E-state index in [-0.39, 0.29) is 17.5 Å². The van der Waals surface area contributed by atoms with Crippen molar-refractivity contribution in [1.29, 1.82) is 0 Å². The van der Waals surface area contributed by atoms with E-state index in [1.165, 1.54) is 12.1 Å². The molecular weight excluding hydrogens is 276 g/mol. The number of nitrogens with zero attached hydrogens (tertiary/aromatic N) is 2. The largest absolute Gasteiger partial charge is 0.419 e. The highest BCUT2D eigenvalue weighted by molar-refractivity contribution is 5.56. The van der Waals surface area contributed by atoms with Crippen molar-refractivity contribution in [1.82, 2.24) is 15.5 Å². The van der Waals surface area contributed by atoms with E-state index in [0.29, 0.717) is 11.5 Å². The first kappa shape index (κ1) is 15.6. The maximum Gasteiger partial charge on any atom is 0.253 e. The fraction of sp³-hybridized carbons (Fsp3) is 0.467. The molecule has 1 heterocycles. The molecule has 0 aliphatic rings. The standard InChI is InChI=1S/C15H19F2N3O/c1-4-8-18-11(5-2)14-19-20-15(21-14)12-10(16)7-6-9(3)13(12)17/h6-7,11,18H,4-5,8H2,1-3H3. The van der Waals surface area contributed by atoms with Crippen LogP contribution in [0.15, 0.2) is 16.5 Å². The van der Waals surface area contributed by atoms with Gasteiger partial charge in [0.2, 0.25) is 5.89 Å². The predicted octanol–water partition coefficient (Wildman–Crippen LogP) is 3.77. The number of aryl methyl sites for hydroxylation is 1. The summed E-state index contributed by atoms with van der Waals surface area (Å²) in [6.07, 6.45) is 1.72. The van der Waals surface area contributed by atoms with E-state index < -0.39 is 11.6 Å². The molecule has 0 saturated heterocycles. The zero-order chi connectivity index (χ0) is 15.4. The lowest BCUT2D eigenvalue weighted by Crippen LogP contribution is -2.21. The molecule has 2 aromatic rings. The predicted molar refractivity (Wildman–Crippen MR) is 75.7 cm³/mol. The fourth-order valence-electron chi connectivity index (χ4n) is 2.05. The lowest BCUT2D eigenvalue weighted by atomic mass is 10.1. The van der Waals surface area contributed by atoms with Gasteiger partial charge in [-0.3, -0.25) is 0 Å². The van der Waals surface area contributed by atoms with Gasteiger partial charge >= 0.3 is 0 Å². The Morgan fingerprint density at radius 3 is 2.67 bits per heavy atom. The summed E-state index contributed by atoms with van der Waals surface area (Å²) in [5.41, 5.74) is 0.0707. The molecule has 2 rings (SSSR count). The molecule has 1 atom stereocenters. The van der Waals surface area contributed by atoms with Gasteiger partial charge in [-0.25, -0.2) is 8.78 Å². The van der Waals surface area contributed by atoms with Crippen LogP contribution in [-0.4, -0.2) is 16.7 Å². The van der Waals surface area contributed by atoms with Crippen LogP contribution >= 0.6 is 0 Å². The molecule has 1 N–H and O–H groups in total. The summed E-state index contributed by atoms with van der Waals surface area (Å²) in [7, 11) is 0. The first-order valence-corrected chi connectivity index (χ1v) is 7.10. The van der Waals surface area contributed by atoms with Crippen LogP contribution in [0.25, 0.3) is 11.5 Å². The first-order chi connectivity index (χ1) is 10.1. The van der Waals surface area contributed by atoms with E-state index in [0.717, 1.165) is 19.4 Å². The minimum atomic E-state index is -0.706. The van der Waals surface area contributed by atoms with Crippen molar-refractivity contribution in [3.8, 4) is 11.5 Å². The Bertz CT molecular complexity index is 613. The van der Waals surface area contributed by atoms with Crippen LogP contribution in [0.1, 0.15) is 44.2 Å². The van der Waals surface area contributed by atoms with Gasteiger partial charge in [0, 0.05) is 0 Å². The first-order valence-electron chi connectivity index (χ1n) is 7.10. The Balaban J connectivity index is 2.34. The smallest absolute Gasteiger partial charge is 0.253 e. The van der Waals surface area contributed by atoms with Crippen molar-refractivity contribution >= 4 is 0 Å². The van der Waals surface area contributed by atoms with Gasteiger partial charge in [-0.15, -0.1) is 10.2 Å². The number of halogens is 2. The Morgan fingerprint density at radius 1 is 1.24 bits per heavy atom. The summed E-state index contributed by atoms with van der Waals surface area (Å²) in [4.78, 5) is 0. The van der Waals surface area contributed by atoms with Crippen LogP contribution in [-0.2, 0) is 0 Å². The molecule has 0 spiro atoms. The van der Waals surface area contributed by atoms with E-state index in [9.17, 15) is 8.78 Å². The van der Waals surface area contributed by atoms with Gasteiger partial charge in [0.1, 0.15) is 17.2 Å². The Hall–Kier alpha value is -1.82. The lowest BCUT2D eigenvalue weighted by molar-refractivity contribution is 0.394. The van der Waals surface area contributed by atoms with Gasteiger partial charge < -0.3 is 9.73 Å². The average Bonchev–Trinajstić information content (AvgIpc) is 2.94. The van der Waals surface area contributed by atoms with Crippen molar-refractivity contribution in [3.05, 3.63) is 35.2 Å². The molecule has 0 saturated carbocycles. The second-order valence-electron chi connectivity index (χ2n) is 4.91. The van der Waals surface area contributed by atoms with Crippen molar-refractivity contribution in [3.63, 3.8) is 0 Å². The number of nitrogens with one attached hydrogen (secondary N) is 1. The zero-order valence-corrected chi connectivity index (χ0v) is 12.4. The maximum atomic E-state index is 14.1. The van der Waals surface area contributed by atoms with E-state index >= 15 is 0 Å². The van der Waals surface area contributed by atoms with Crippen molar-refractivity contribution < 1.29 is 13.2 Å². The number of hydrogen-bond acceptors (Lipinski definition) is 4. The van der Waals surface area contributed by atoms with Crippen LogP contribution < -0.4 is 5.32 Å². The summed E-state index contributed by atoms with van der Waals surface area (Å²) in [6, 6.07) is 2.47. The highest BCUT2D eigenvalue weighted by atomic mass is 19.1. The highest BCUT2D eigenvalue weighted by Crippen LogP contribution is 2.28. The molecule has 4 nitrogen and oxygen atoms in total. The average molecular weight is 295 g/mol. The molecular formula is C15H19F2N3O. The third-order valence-corrected chi connectivity index (χ3v) is 3.29. The Kier molecular flexibility index (Phi) is 5.01. The van der Waals surface area contributed by atoms with Gasteiger partial charge in [-0.05, 0) is 37.9 Å². The zero-order valence-electron chi connectivity index (χ0n) is 12.4. The quantitative estimate of drug-likeness (QED) is 0.881. The van der Waals surface area contributed by atoms with Gasteiger partial charge in [0.15, 0.2) is 0 Å². The SMILES string of the molecule is CCCNC(CC)c1nnc(-c2c(F)ccc(C)c2F)o1. The molecule has 114 valence electrons. The van der Waals surface area contributed by atoms with Gasteiger partial charge in [-0.1, -0.05) is 19.9 Å². The van der Waals surface area contributed by atoms with Crippen LogP contribution in [0.4, 0.5) is 8.78 Å². The summed E-state index contributed by atoms with van der Waals surface area (Å²) in [6.45, 7) is 6.40. The van der Waals surface area contributed by atoms with E-state index in [1.807, 2.05) is 6.92 Å². The minimum absolute atomic E-state index is 0.109. The lowest BCUT2D eigenvalue weighted by Gasteiger charge is -2.11. The topological polar surface area (TPSA) is 51.0 Å². The van der Waals surface area contributed by atoms with Gasteiger partial charge in [0.05, 0.1) is 6.04 Å². The third-order valence-electron chi connectivity index (χ3n) is 3.29. The normalized spacial score (nSPS) is 12.6. The minimum Gasteiger partial charge on any atom is -0.419 e. The van der Waals surface area contributed by atoms with Gasteiger partial charge in [0.25, 0.3) is 5.89 Å². The van der Waals surface area contributed by atoms with E-state index in [2.05, 4.69) is 22.4 Å². The van der Waals surface area contributed by atoms with Crippen LogP contribution in [0.3, 0.4) is 0 Å². The highest BCUT2D eigenvalue weighted by Gasteiger charge is 2.22. The van der Waals surface area contributed by atoms with Gasteiger partial charge in [-0.2, -0.15) is 0 Å². The molecule has 0 aliphatic carbocycles. The number of rotatable bonds is 6. The summed E-state index contributed by atoms with van der Waals surface area (Å²) in [5.74, 6) is -1.15. The van der Waals surface area contributed by atoms with Crippen LogP contribution in [0.5, 0.6) is 0 Å². The monoisotopic (exact) mass is 295 g/mol. The second-order valence-corrected chi connectivity index (χ2v) is 4.91. The molecule has 21 heavy (non-hydrogen) atoms. The number of hydrogen-bond donors (Lipinski definition) is 1. The molecule has 0 aliphatic heterocycles. The molecule has 0 amide bonds. The Labute approximate surface area is 122 Å². The molecule has 1 unspecified atom stereocenters.